The predicted octanol–water partition coefficient (Wildman–Crippen LogP) is 1.81. The second-order valence-electron chi connectivity index (χ2n) is 2.96. The zero-order valence-corrected chi connectivity index (χ0v) is 7.07. The summed E-state index contributed by atoms with van der Waals surface area (Å²) >= 11 is 0. The Morgan fingerprint density at radius 1 is 1.31 bits per heavy atom. The van der Waals surface area contributed by atoms with Gasteiger partial charge in [-0.1, -0.05) is 17.7 Å². The first-order valence-electron chi connectivity index (χ1n) is 3.90. The third kappa shape index (κ3) is 1.28. The van der Waals surface area contributed by atoms with Gasteiger partial charge in [0, 0.05) is 6.07 Å². The highest BCUT2D eigenvalue weighted by Crippen LogP contribution is 2.22. The monoisotopic (exact) mass is 176 g/mol. The normalized spacial score (nSPS) is 10.5. The molecule has 1 aromatic carbocycles. The summed E-state index contributed by atoms with van der Waals surface area (Å²) in [7, 11) is 0. The van der Waals surface area contributed by atoms with E-state index in [-0.39, 0.29) is 5.95 Å². The molecule has 2 aromatic rings. The Bertz CT molecular complexity index is 511. The maximum Gasteiger partial charge on any atom is 0.339 e. The summed E-state index contributed by atoms with van der Waals surface area (Å²) in [5, 5.41) is 10.5. The maximum absolute atomic E-state index is 10.9. The summed E-state index contributed by atoms with van der Waals surface area (Å²) in [6, 6.07) is 6.76. The predicted molar refractivity (Wildman–Crippen MR) is 48.9 cm³/mol. The highest BCUT2D eigenvalue weighted by molar-refractivity contribution is 5.86. The van der Waals surface area contributed by atoms with Gasteiger partial charge in [0.25, 0.3) is 5.95 Å². The molecule has 0 radical (unpaired) electrons. The molecule has 0 atom stereocenters. The van der Waals surface area contributed by atoms with Crippen molar-refractivity contribution in [2.75, 3.05) is 0 Å². The molecule has 0 spiro atoms. The minimum Gasteiger partial charge on any atom is -0.480 e. The van der Waals surface area contributed by atoms with Gasteiger partial charge >= 0.3 is 5.63 Å². The van der Waals surface area contributed by atoms with Crippen molar-refractivity contribution in [1.29, 1.82) is 0 Å². The van der Waals surface area contributed by atoms with Gasteiger partial charge in [0.15, 0.2) is 0 Å². The van der Waals surface area contributed by atoms with Crippen molar-refractivity contribution in [3.8, 4) is 5.95 Å². The summed E-state index contributed by atoms with van der Waals surface area (Å²) in [6.07, 6.45) is 0. The van der Waals surface area contributed by atoms with Gasteiger partial charge in [0.1, 0.15) is 0 Å². The molecule has 0 amide bonds. The van der Waals surface area contributed by atoms with Crippen LogP contribution in [-0.4, -0.2) is 5.11 Å². The molecule has 2 rings (SSSR count). The second-order valence-corrected chi connectivity index (χ2v) is 2.96. The molecule has 1 heterocycles. The molecule has 3 heteroatoms. The number of aromatic hydroxyl groups is 1. The Kier molecular flexibility index (Phi) is 1.59. The molecule has 3 nitrogen and oxygen atoms in total. The molecule has 0 bridgehead atoms. The summed E-state index contributed by atoms with van der Waals surface area (Å²) in [5.74, 6) is -0.317. The van der Waals surface area contributed by atoms with E-state index in [9.17, 15) is 9.90 Å². The number of aryl methyl sites for hydroxylation is 1. The lowest BCUT2D eigenvalue weighted by atomic mass is 10.1. The van der Waals surface area contributed by atoms with Crippen molar-refractivity contribution in [1.82, 2.24) is 0 Å². The van der Waals surface area contributed by atoms with Crippen LogP contribution in [0.4, 0.5) is 0 Å². The first-order chi connectivity index (χ1) is 6.16. The number of fused-ring (bicyclic) bond motifs is 1. The van der Waals surface area contributed by atoms with E-state index in [0.717, 1.165) is 5.56 Å². The van der Waals surface area contributed by atoms with Crippen LogP contribution in [0.5, 0.6) is 5.95 Å². The van der Waals surface area contributed by atoms with Gasteiger partial charge < -0.3 is 9.52 Å². The first-order valence-corrected chi connectivity index (χ1v) is 3.90. The summed E-state index contributed by atoms with van der Waals surface area (Å²) in [5.41, 5.74) is 0.507. The van der Waals surface area contributed by atoms with Gasteiger partial charge in [-0.2, -0.15) is 0 Å². The van der Waals surface area contributed by atoms with Crippen LogP contribution in [0.15, 0.2) is 33.5 Å². The topological polar surface area (TPSA) is 50.4 Å². The zero-order valence-electron chi connectivity index (χ0n) is 7.07. The van der Waals surface area contributed by atoms with Crippen molar-refractivity contribution < 1.29 is 9.52 Å². The van der Waals surface area contributed by atoms with Crippen molar-refractivity contribution in [2.45, 2.75) is 6.92 Å². The van der Waals surface area contributed by atoms with E-state index in [2.05, 4.69) is 4.42 Å². The van der Waals surface area contributed by atoms with Crippen LogP contribution in [0.2, 0.25) is 0 Å². The maximum atomic E-state index is 10.9. The average Bonchev–Trinajstić information content (AvgIpc) is 2.02. The molecule has 0 aliphatic heterocycles. The van der Waals surface area contributed by atoms with Crippen molar-refractivity contribution in [3.63, 3.8) is 0 Å². The van der Waals surface area contributed by atoms with E-state index in [1.165, 1.54) is 6.07 Å². The first kappa shape index (κ1) is 7.86. The quantitative estimate of drug-likeness (QED) is 0.665. The smallest absolute Gasteiger partial charge is 0.339 e. The van der Waals surface area contributed by atoms with E-state index in [1.54, 1.807) is 6.07 Å². The lowest BCUT2D eigenvalue weighted by molar-refractivity contribution is 0.317. The van der Waals surface area contributed by atoms with Crippen molar-refractivity contribution in [2.24, 2.45) is 0 Å². The third-order valence-electron chi connectivity index (χ3n) is 1.91. The zero-order chi connectivity index (χ0) is 9.42. The van der Waals surface area contributed by atoms with Gasteiger partial charge in [-0.3, -0.25) is 0 Å². The summed E-state index contributed by atoms with van der Waals surface area (Å²) < 4.78 is 4.53. The molecule has 1 N–H and O–H groups in total. The van der Waals surface area contributed by atoms with Gasteiger partial charge in [0.2, 0.25) is 0 Å². The molecule has 0 aliphatic carbocycles. The minimum atomic E-state index is -0.532. The van der Waals surface area contributed by atoms with E-state index in [0.29, 0.717) is 10.8 Å². The Labute approximate surface area is 74.2 Å². The molecule has 0 saturated heterocycles. The summed E-state index contributed by atoms with van der Waals surface area (Å²) in [6.45, 7) is 1.92. The third-order valence-corrected chi connectivity index (χ3v) is 1.91. The molecule has 13 heavy (non-hydrogen) atoms. The van der Waals surface area contributed by atoms with E-state index >= 15 is 0 Å². The number of hydrogen-bond acceptors (Lipinski definition) is 3. The Morgan fingerprint density at radius 2 is 2.08 bits per heavy atom. The van der Waals surface area contributed by atoms with Crippen LogP contribution >= 0.6 is 0 Å². The van der Waals surface area contributed by atoms with Crippen molar-refractivity contribution in [3.05, 3.63) is 40.2 Å². The fourth-order valence-corrected chi connectivity index (χ4v) is 1.30. The largest absolute Gasteiger partial charge is 0.480 e. The van der Waals surface area contributed by atoms with E-state index in [4.69, 9.17) is 0 Å². The highest BCUT2D eigenvalue weighted by Gasteiger charge is 2.02. The molecular weight excluding hydrogens is 168 g/mol. The van der Waals surface area contributed by atoms with Gasteiger partial charge in [-0.15, -0.1) is 0 Å². The second kappa shape index (κ2) is 2.62. The van der Waals surface area contributed by atoms with Crippen LogP contribution in [0.1, 0.15) is 5.56 Å². The fraction of sp³-hybridized carbons (Fsp3) is 0.100. The van der Waals surface area contributed by atoms with Crippen LogP contribution in [0, 0.1) is 6.92 Å². The Morgan fingerprint density at radius 3 is 2.85 bits per heavy atom. The van der Waals surface area contributed by atoms with Crippen LogP contribution in [-0.2, 0) is 0 Å². The van der Waals surface area contributed by atoms with E-state index < -0.39 is 5.63 Å². The van der Waals surface area contributed by atoms with Crippen molar-refractivity contribution >= 4 is 10.8 Å². The molecule has 66 valence electrons. The lowest BCUT2D eigenvalue weighted by Gasteiger charge is -1.98. The molecule has 0 aliphatic rings. The molecule has 1 aromatic heterocycles. The lowest BCUT2D eigenvalue weighted by Crippen LogP contribution is -1.95. The van der Waals surface area contributed by atoms with Crippen LogP contribution in [0.3, 0.4) is 0 Å². The minimum absolute atomic E-state index is 0.317. The average molecular weight is 176 g/mol. The summed E-state index contributed by atoms with van der Waals surface area (Å²) in [4.78, 5) is 10.9. The van der Waals surface area contributed by atoms with Gasteiger partial charge in [0.05, 0.1) is 5.39 Å². The van der Waals surface area contributed by atoms with Crippen LogP contribution in [0.25, 0.3) is 10.8 Å². The highest BCUT2D eigenvalue weighted by atomic mass is 16.5. The fourth-order valence-electron chi connectivity index (χ4n) is 1.30. The molecule has 0 fully saturated rings. The SMILES string of the molecule is Cc1ccc2c(O)oc(=O)cc2c1. The number of benzene rings is 1. The molecular formula is C10H8O3. The Balaban J connectivity index is 2.94. The van der Waals surface area contributed by atoms with Gasteiger partial charge in [-0.05, 0) is 18.4 Å². The molecule has 0 saturated carbocycles. The number of rotatable bonds is 0. The Hall–Kier alpha value is -1.77. The van der Waals surface area contributed by atoms with Crippen LogP contribution < -0.4 is 5.63 Å². The van der Waals surface area contributed by atoms with Gasteiger partial charge in [-0.25, -0.2) is 4.79 Å². The van der Waals surface area contributed by atoms with E-state index in [1.807, 2.05) is 19.1 Å². The molecule has 0 unspecified atom stereocenters. The number of hydrogen-bond donors (Lipinski definition) is 1. The standard InChI is InChI=1S/C10H8O3/c1-6-2-3-8-7(4-6)5-9(11)13-10(8)12/h2-5,12H,1H3.